The second-order valence-corrected chi connectivity index (χ2v) is 6.01. The number of H-pyrrole nitrogens is 1. The molecule has 1 saturated heterocycles. The van der Waals surface area contributed by atoms with Crippen LogP contribution in [0.3, 0.4) is 0 Å². The molecule has 0 bridgehead atoms. The molecule has 1 aliphatic rings. The molecule has 2 rings (SSSR count). The van der Waals surface area contributed by atoms with E-state index in [2.05, 4.69) is 10.2 Å². The van der Waals surface area contributed by atoms with Gasteiger partial charge in [-0.05, 0) is 0 Å². The molecule has 0 aromatic carbocycles. The zero-order valence-electron chi connectivity index (χ0n) is 8.76. The predicted molar refractivity (Wildman–Crippen MR) is 62.0 cm³/mol. The van der Waals surface area contributed by atoms with E-state index in [0.29, 0.717) is 5.69 Å². The van der Waals surface area contributed by atoms with E-state index >= 15 is 0 Å². The highest BCUT2D eigenvalue weighted by molar-refractivity contribution is 7.89. The van der Waals surface area contributed by atoms with Gasteiger partial charge in [0.2, 0.25) is 15.9 Å². The van der Waals surface area contributed by atoms with E-state index in [1.807, 2.05) is 0 Å². The summed E-state index contributed by atoms with van der Waals surface area (Å²) in [6.07, 6.45) is 1.58. The summed E-state index contributed by atoms with van der Waals surface area (Å²) in [5.74, 6) is -0.685. The Hall–Kier alpha value is -1.12. The van der Waals surface area contributed by atoms with Crippen LogP contribution in [0.1, 0.15) is 6.42 Å². The molecule has 3 N–H and O–H groups in total. The number of nitrogens with zero attached hydrogens (tertiary/aromatic N) is 2. The van der Waals surface area contributed by atoms with Gasteiger partial charge in [0, 0.05) is 18.9 Å². The molecule has 7 nitrogen and oxygen atoms in total. The van der Waals surface area contributed by atoms with E-state index in [1.54, 1.807) is 0 Å². The second-order valence-electron chi connectivity index (χ2n) is 3.97. The van der Waals surface area contributed by atoms with Crippen LogP contribution in [0, 0.1) is 5.92 Å². The number of hydrogen-bond donors (Lipinski definition) is 2. The number of carbonyl (C=O) groups excluding carboxylic acids is 1. The van der Waals surface area contributed by atoms with Crippen LogP contribution in [0.5, 0.6) is 0 Å². The van der Waals surface area contributed by atoms with E-state index in [4.69, 9.17) is 16.7 Å². The lowest BCUT2D eigenvalue weighted by atomic mass is 10.1. The lowest BCUT2D eigenvalue weighted by Gasteiger charge is -2.14. The first kappa shape index (κ1) is 12.3. The van der Waals surface area contributed by atoms with E-state index in [9.17, 15) is 13.2 Å². The van der Waals surface area contributed by atoms with Gasteiger partial charge in [-0.25, -0.2) is 13.6 Å². The number of carbonyl (C=O) groups is 1. The maximum Gasteiger partial charge on any atom is 0.227 e. The molecule has 1 amide bonds. The van der Waals surface area contributed by atoms with Gasteiger partial charge >= 0.3 is 0 Å². The summed E-state index contributed by atoms with van der Waals surface area (Å²) in [7, 11) is -3.57. The normalized spacial score (nSPS) is 21.2. The number of nitrogens with one attached hydrogen (secondary N) is 1. The van der Waals surface area contributed by atoms with Crippen molar-refractivity contribution in [2.24, 2.45) is 11.1 Å². The van der Waals surface area contributed by atoms with Gasteiger partial charge in [-0.2, -0.15) is 5.10 Å². The molecule has 1 aromatic heterocycles. The average molecular weight is 279 g/mol. The van der Waals surface area contributed by atoms with Crippen LogP contribution in [0.2, 0.25) is 5.15 Å². The van der Waals surface area contributed by atoms with Gasteiger partial charge in [0.25, 0.3) is 0 Å². The van der Waals surface area contributed by atoms with Crippen molar-refractivity contribution in [1.29, 1.82) is 0 Å². The number of amides is 1. The number of nitrogens with two attached hydrogens (primary N) is 1. The molecule has 1 aromatic rings. The Morgan fingerprint density at radius 2 is 2.35 bits per heavy atom. The molecule has 1 unspecified atom stereocenters. The van der Waals surface area contributed by atoms with Crippen molar-refractivity contribution in [1.82, 2.24) is 10.2 Å². The minimum Gasteiger partial charge on any atom is -0.308 e. The third-order valence-electron chi connectivity index (χ3n) is 2.54. The van der Waals surface area contributed by atoms with E-state index < -0.39 is 10.0 Å². The number of halogens is 1. The summed E-state index contributed by atoms with van der Waals surface area (Å²) in [5, 5.41) is 11.4. The monoisotopic (exact) mass is 278 g/mol. The summed E-state index contributed by atoms with van der Waals surface area (Å²) in [6, 6.07) is 0. The van der Waals surface area contributed by atoms with E-state index in [1.165, 1.54) is 11.1 Å². The minimum absolute atomic E-state index is 0.151. The van der Waals surface area contributed by atoms with Crippen LogP contribution in [0.25, 0.3) is 0 Å². The number of aromatic nitrogens is 2. The Bertz CT molecular complexity index is 541. The fraction of sp³-hybridized carbons (Fsp3) is 0.500. The predicted octanol–water partition coefficient (Wildman–Crippen LogP) is -0.295. The molecule has 9 heteroatoms. The average Bonchev–Trinajstić information content (AvgIpc) is 2.70. The first-order valence-electron chi connectivity index (χ1n) is 4.86. The highest BCUT2D eigenvalue weighted by atomic mass is 35.5. The van der Waals surface area contributed by atoms with Gasteiger partial charge in [0.15, 0.2) is 0 Å². The quantitative estimate of drug-likeness (QED) is 0.791. The Balaban J connectivity index is 2.14. The van der Waals surface area contributed by atoms with E-state index in [-0.39, 0.29) is 35.7 Å². The molecular weight excluding hydrogens is 268 g/mol. The number of aromatic amines is 1. The summed E-state index contributed by atoms with van der Waals surface area (Å²) < 4.78 is 21.9. The van der Waals surface area contributed by atoms with E-state index in [0.717, 1.165) is 0 Å². The van der Waals surface area contributed by atoms with Crippen molar-refractivity contribution in [3.63, 3.8) is 0 Å². The topological polar surface area (TPSA) is 109 Å². The maximum atomic E-state index is 11.7. The van der Waals surface area contributed by atoms with Gasteiger partial charge in [0.05, 0.1) is 11.9 Å². The van der Waals surface area contributed by atoms with Gasteiger partial charge in [-0.15, -0.1) is 0 Å². The number of sulfonamides is 1. The fourth-order valence-corrected chi connectivity index (χ4v) is 2.99. The van der Waals surface area contributed by atoms with Gasteiger partial charge in [0.1, 0.15) is 10.8 Å². The Kier molecular flexibility index (Phi) is 3.11. The minimum atomic E-state index is -3.57. The lowest BCUT2D eigenvalue weighted by molar-refractivity contribution is -0.117. The van der Waals surface area contributed by atoms with Crippen LogP contribution >= 0.6 is 11.6 Å². The van der Waals surface area contributed by atoms with Crippen LogP contribution < -0.4 is 10.0 Å². The van der Waals surface area contributed by atoms with Crippen molar-refractivity contribution in [2.45, 2.75) is 6.42 Å². The van der Waals surface area contributed by atoms with Crippen molar-refractivity contribution < 1.29 is 13.2 Å². The number of hydrogen-bond acceptors (Lipinski definition) is 4. The molecule has 1 fully saturated rings. The smallest absolute Gasteiger partial charge is 0.227 e. The van der Waals surface area contributed by atoms with Crippen LogP contribution in [0.15, 0.2) is 6.20 Å². The zero-order valence-corrected chi connectivity index (χ0v) is 10.3. The molecule has 0 spiro atoms. The fourth-order valence-electron chi connectivity index (χ4n) is 1.91. The summed E-state index contributed by atoms with van der Waals surface area (Å²) >= 11 is 5.81. The highest BCUT2D eigenvalue weighted by Gasteiger charge is 2.34. The van der Waals surface area contributed by atoms with Crippen LogP contribution in [-0.2, 0) is 14.8 Å². The Morgan fingerprint density at radius 3 is 2.88 bits per heavy atom. The number of primary sulfonamides is 1. The van der Waals surface area contributed by atoms with Crippen LogP contribution in [-0.4, -0.2) is 36.8 Å². The highest BCUT2D eigenvalue weighted by Crippen LogP contribution is 2.29. The lowest BCUT2D eigenvalue weighted by Crippen LogP contribution is -2.27. The third-order valence-corrected chi connectivity index (χ3v) is 3.75. The summed E-state index contributed by atoms with van der Waals surface area (Å²) in [5.41, 5.74) is 0.466. The largest absolute Gasteiger partial charge is 0.308 e. The molecule has 0 saturated carbocycles. The molecule has 0 aliphatic carbocycles. The molecule has 0 radical (unpaired) electrons. The Labute approximate surface area is 103 Å². The standard InChI is InChI=1S/C8H11ClN4O3S/c9-8-6(2-11-12-8)13-3-5(1-7(13)14)4-17(10,15)16/h2,5H,1,3-4H2,(H,11,12)(H2,10,15,16). The maximum absolute atomic E-state index is 11.7. The van der Waals surface area contributed by atoms with Crippen molar-refractivity contribution >= 4 is 33.2 Å². The SMILES string of the molecule is NS(=O)(=O)CC1CC(=O)N(c2cn[nH]c2Cl)C1. The molecule has 2 heterocycles. The van der Waals surface area contributed by atoms with Crippen molar-refractivity contribution in [3.8, 4) is 0 Å². The first-order chi connectivity index (χ1) is 7.87. The van der Waals surface area contributed by atoms with Crippen molar-refractivity contribution in [2.75, 3.05) is 17.2 Å². The summed E-state index contributed by atoms with van der Waals surface area (Å²) in [6.45, 7) is 0.286. The molecule has 17 heavy (non-hydrogen) atoms. The van der Waals surface area contributed by atoms with Crippen LogP contribution in [0.4, 0.5) is 5.69 Å². The van der Waals surface area contributed by atoms with Gasteiger partial charge in [-0.1, -0.05) is 11.6 Å². The number of anilines is 1. The zero-order chi connectivity index (χ0) is 12.6. The van der Waals surface area contributed by atoms with Gasteiger partial charge < -0.3 is 4.90 Å². The Morgan fingerprint density at radius 1 is 1.65 bits per heavy atom. The number of rotatable bonds is 3. The molecule has 1 atom stereocenters. The second kappa shape index (κ2) is 4.28. The van der Waals surface area contributed by atoms with Crippen molar-refractivity contribution in [3.05, 3.63) is 11.3 Å². The molecule has 94 valence electrons. The molecule has 1 aliphatic heterocycles. The third kappa shape index (κ3) is 2.76. The summed E-state index contributed by atoms with van der Waals surface area (Å²) in [4.78, 5) is 13.1. The van der Waals surface area contributed by atoms with Gasteiger partial charge in [-0.3, -0.25) is 9.89 Å². The molecular formula is C8H11ClN4O3S. The first-order valence-corrected chi connectivity index (χ1v) is 6.96.